The third-order valence-corrected chi connectivity index (χ3v) is 3.55. The molecule has 0 unspecified atom stereocenters. The smallest absolute Gasteiger partial charge is 0.309 e. The van der Waals surface area contributed by atoms with Crippen LogP contribution in [0.25, 0.3) is 0 Å². The summed E-state index contributed by atoms with van der Waals surface area (Å²) in [7, 11) is 0. The molecule has 4 heteroatoms. The zero-order chi connectivity index (χ0) is 18.0. The number of hydrogen-bond donors (Lipinski definition) is 0. The van der Waals surface area contributed by atoms with Crippen molar-refractivity contribution in [2.24, 2.45) is 5.92 Å². The van der Waals surface area contributed by atoms with Gasteiger partial charge in [-0.25, -0.2) is 0 Å². The van der Waals surface area contributed by atoms with Crippen molar-refractivity contribution in [3.63, 3.8) is 0 Å². The summed E-state index contributed by atoms with van der Waals surface area (Å²) in [5.41, 5.74) is 0.398. The zero-order valence-electron chi connectivity index (χ0n) is 15.3. The predicted octanol–water partition coefficient (Wildman–Crippen LogP) is 4.66. The minimum Gasteiger partial charge on any atom is -0.461 e. The largest absolute Gasteiger partial charge is 0.461 e. The molecule has 0 aliphatic rings. The number of carbonyl (C=O) groups excluding carboxylic acids is 2. The molecule has 0 aliphatic heterocycles. The second-order valence-electron chi connectivity index (χ2n) is 7.08. The maximum Gasteiger partial charge on any atom is 0.309 e. The molecule has 0 radical (unpaired) electrons. The van der Waals surface area contributed by atoms with Gasteiger partial charge in [0.1, 0.15) is 12.2 Å². The van der Waals surface area contributed by atoms with E-state index in [1.807, 2.05) is 51.1 Å². The van der Waals surface area contributed by atoms with Gasteiger partial charge in [0.05, 0.1) is 12.3 Å². The van der Waals surface area contributed by atoms with Crippen LogP contribution in [0.3, 0.4) is 0 Å². The first-order valence-corrected chi connectivity index (χ1v) is 8.74. The Hall–Kier alpha value is -1.84. The number of hydrogen-bond acceptors (Lipinski definition) is 4. The van der Waals surface area contributed by atoms with E-state index in [1.165, 1.54) is 0 Å². The molecule has 1 rings (SSSR count). The minimum absolute atomic E-state index is 0.0780. The van der Waals surface area contributed by atoms with Gasteiger partial charge in [0.15, 0.2) is 0 Å². The summed E-state index contributed by atoms with van der Waals surface area (Å²) in [5, 5.41) is 0. The molecule has 0 N–H and O–H groups in total. The highest BCUT2D eigenvalue weighted by atomic mass is 16.6. The summed E-state index contributed by atoms with van der Waals surface area (Å²) < 4.78 is 10.7. The Morgan fingerprint density at radius 3 is 2.33 bits per heavy atom. The molecular weight excluding hydrogens is 304 g/mol. The molecule has 0 spiro atoms. The van der Waals surface area contributed by atoms with Gasteiger partial charge in [0.25, 0.3) is 0 Å². The van der Waals surface area contributed by atoms with Crippen LogP contribution in [0.1, 0.15) is 65.4 Å². The minimum atomic E-state index is -0.543. The highest BCUT2D eigenvalue weighted by Crippen LogP contribution is 2.19. The third kappa shape index (κ3) is 8.70. The Labute approximate surface area is 145 Å². The third-order valence-electron chi connectivity index (χ3n) is 3.55. The Kier molecular flexibility index (Phi) is 8.51. The quantitative estimate of drug-likeness (QED) is 0.487. The van der Waals surface area contributed by atoms with Crippen molar-refractivity contribution < 1.29 is 19.1 Å². The molecule has 1 atom stereocenters. The lowest BCUT2D eigenvalue weighted by Gasteiger charge is -2.21. The van der Waals surface area contributed by atoms with E-state index < -0.39 is 11.5 Å². The first-order chi connectivity index (χ1) is 11.3. The molecule has 0 aromatic heterocycles. The monoisotopic (exact) mass is 334 g/mol. The summed E-state index contributed by atoms with van der Waals surface area (Å²) in [6, 6.07) is 9.55. The SMILES string of the molecule is CCCCC[C@H](CC(=O)OC(C)(C)C)C(=O)OCc1ccccc1. The van der Waals surface area contributed by atoms with Crippen LogP contribution in [0.15, 0.2) is 30.3 Å². The highest BCUT2D eigenvalue weighted by Gasteiger charge is 2.26. The average Bonchev–Trinajstić information content (AvgIpc) is 2.51. The van der Waals surface area contributed by atoms with Crippen LogP contribution in [0, 0.1) is 5.92 Å². The van der Waals surface area contributed by atoms with Crippen LogP contribution in [0.4, 0.5) is 0 Å². The van der Waals surface area contributed by atoms with Crippen molar-refractivity contribution >= 4 is 11.9 Å². The van der Waals surface area contributed by atoms with Crippen molar-refractivity contribution in [2.45, 2.75) is 72.0 Å². The Bertz CT molecular complexity index is 502. The number of ether oxygens (including phenoxy) is 2. The molecule has 0 aliphatic carbocycles. The number of esters is 2. The molecule has 134 valence electrons. The first kappa shape index (κ1) is 20.2. The van der Waals surface area contributed by atoms with Crippen LogP contribution in [0.5, 0.6) is 0 Å². The number of carbonyl (C=O) groups is 2. The fourth-order valence-electron chi connectivity index (χ4n) is 2.37. The van der Waals surface area contributed by atoms with E-state index in [4.69, 9.17) is 9.47 Å². The lowest BCUT2D eigenvalue weighted by molar-refractivity contribution is -0.162. The summed E-state index contributed by atoms with van der Waals surface area (Å²) in [5.74, 6) is -1.10. The van der Waals surface area contributed by atoms with Crippen LogP contribution in [0.2, 0.25) is 0 Å². The van der Waals surface area contributed by atoms with Gasteiger partial charge in [-0.15, -0.1) is 0 Å². The van der Waals surface area contributed by atoms with Gasteiger partial charge >= 0.3 is 11.9 Å². The van der Waals surface area contributed by atoms with E-state index in [2.05, 4.69) is 6.92 Å². The molecule has 1 aromatic carbocycles. The summed E-state index contributed by atoms with van der Waals surface area (Å²) in [6.45, 7) is 7.81. The fourth-order valence-corrected chi connectivity index (χ4v) is 2.37. The van der Waals surface area contributed by atoms with Crippen molar-refractivity contribution in [3.8, 4) is 0 Å². The fraction of sp³-hybridized carbons (Fsp3) is 0.600. The molecule has 0 saturated heterocycles. The summed E-state index contributed by atoms with van der Waals surface area (Å²) >= 11 is 0. The van der Waals surface area contributed by atoms with Gasteiger partial charge in [0, 0.05) is 0 Å². The summed E-state index contributed by atoms with van der Waals surface area (Å²) in [6.07, 6.45) is 3.74. The van der Waals surface area contributed by atoms with Crippen LogP contribution in [-0.2, 0) is 25.7 Å². The second kappa shape index (κ2) is 10.1. The van der Waals surface area contributed by atoms with Gasteiger partial charge in [-0.2, -0.15) is 0 Å². The van der Waals surface area contributed by atoms with Gasteiger partial charge in [-0.3, -0.25) is 9.59 Å². The Balaban J connectivity index is 2.58. The first-order valence-electron chi connectivity index (χ1n) is 8.74. The average molecular weight is 334 g/mol. The highest BCUT2D eigenvalue weighted by molar-refractivity contribution is 5.80. The Morgan fingerprint density at radius 1 is 1.08 bits per heavy atom. The lowest BCUT2D eigenvalue weighted by Crippen LogP contribution is -2.28. The number of rotatable bonds is 9. The van der Waals surface area contributed by atoms with Crippen LogP contribution < -0.4 is 0 Å². The summed E-state index contributed by atoms with van der Waals surface area (Å²) in [4.78, 5) is 24.4. The topological polar surface area (TPSA) is 52.6 Å². The van der Waals surface area contributed by atoms with Crippen LogP contribution >= 0.6 is 0 Å². The molecule has 0 heterocycles. The van der Waals surface area contributed by atoms with Gasteiger partial charge < -0.3 is 9.47 Å². The molecular formula is C20H30O4. The number of unbranched alkanes of at least 4 members (excludes halogenated alkanes) is 2. The molecule has 0 bridgehead atoms. The Morgan fingerprint density at radius 2 is 1.75 bits per heavy atom. The van der Waals surface area contributed by atoms with E-state index in [0.717, 1.165) is 24.8 Å². The standard InChI is InChI=1S/C20H30O4/c1-5-6-8-13-17(14-18(21)24-20(2,3)4)19(22)23-15-16-11-9-7-10-12-16/h7,9-12,17H,5-6,8,13-15H2,1-4H3/t17-/m1/s1. The van der Waals surface area contributed by atoms with E-state index in [1.54, 1.807) is 0 Å². The predicted molar refractivity (Wildman–Crippen MR) is 94.3 cm³/mol. The molecule has 24 heavy (non-hydrogen) atoms. The molecule has 1 aromatic rings. The van der Waals surface area contributed by atoms with Gasteiger partial charge in [0.2, 0.25) is 0 Å². The van der Waals surface area contributed by atoms with Gasteiger partial charge in [-0.05, 0) is 32.8 Å². The van der Waals surface area contributed by atoms with E-state index in [0.29, 0.717) is 6.42 Å². The lowest BCUT2D eigenvalue weighted by atomic mass is 9.98. The number of benzene rings is 1. The van der Waals surface area contributed by atoms with Crippen molar-refractivity contribution in [1.29, 1.82) is 0 Å². The molecule has 4 nitrogen and oxygen atoms in total. The maximum atomic E-state index is 12.4. The van der Waals surface area contributed by atoms with Crippen LogP contribution in [-0.4, -0.2) is 17.5 Å². The van der Waals surface area contributed by atoms with E-state index in [-0.39, 0.29) is 25.0 Å². The second-order valence-corrected chi connectivity index (χ2v) is 7.08. The molecule has 0 saturated carbocycles. The van der Waals surface area contributed by atoms with Crippen molar-refractivity contribution in [3.05, 3.63) is 35.9 Å². The van der Waals surface area contributed by atoms with Crippen molar-refractivity contribution in [1.82, 2.24) is 0 Å². The van der Waals surface area contributed by atoms with E-state index >= 15 is 0 Å². The van der Waals surface area contributed by atoms with Crippen molar-refractivity contribution in [2.75, 3.05) is 0 Å². The van der Waals surface area contributed by atoms with Gasteiger partial charge in [-0.1, -0.05) is 56.5 Å². The maximum absolute atomic E-state index is 12.4. The zero-order valence-corrected chi connectivity index (χ0v) is 15.3. The normalized spacial score (nSPS) is 12.5. The molecule has 0 amide bonds. The van der Waals surface area contributed by atoms with E-state index in [9.17, 15) is 9.59 Å². The molecule has 0 fully saturated rings.